The van der Waals surface area contributed by atoms with Crippen molar-refractivity contribution in [2.75, 3.05) is 19.8 Å². The molecule has 0 atom stereocenters. The second kappa shape index (κ2) is 6.39. The second-order valence-electron chi connectivity index (χ2n) is 4.34. The second-order valence-corrected chi connectivity index (χ2v) is 4.34. The van der Waals surface area contributed by atoms with Crippen LogP contribution in [0.1, 0.15) is 39.0 Å². The molecule has 0 spiro atoms. The number of rotatable bonds is 5. The maximum Gasteiger partial charge on any atom is 0.0494 e. The highest BCUT2D eigenvalue weighted by Crippen LogP contribution is 2.28. The maximum absolute atomic E-state index is 5.57. The molecular weight excluding hydrogens is 162 g/mol. The van der Waals surface area contributed by atoms with Gasteiger partial charge in [-0.25, -0.2) is 0 Å². The minimum Gasteiger partial charge on any atom is -0.381 e. The molecule has 0 heterocycles. The quantitative estimate of drug-likeness (QED) is 0.666. The van der Waals surface area contributed by atoms with E-state index < -0.39 is 0 Å². The summed E-state index contributed by atoms with van der Waals surface area (Å²) in [7, 11) is 0. The van der Waals surface area contributed by atoms with Crippen molar-refractivity contribution in [3.8, 4) is 0 Å². The third kappa shape index (κ3) is 4.63. The van der Waals surface area contributed by atoms with Crippen molar-refractivity contribution < 1.29 is 4.74 Å². The van der Waals surface area contributed by atoms with Gasteiger partial charge in [-0.3, -0.25) is 0 Å². The van der Waals surface area contributed by atoms with E-state index in [9.17, 15) is 0 Å². The molecule has 0 amide bonds. The Labute approximate surface area is 81.8 Å². The molecular formula is C11H23NO. The van der Waals surface area contributed by atoms with Crippen LogP contribution in [0.25, 0.3) is 0 Å². The zero-order valence-corrected chi connectivity index (χ0v) is 8.80. The Balaban J connectivity index is 1.96. The third-order valence-corrected chi connectivity index (χ3v) is 2.98. The SMILES string of the molecule is CC1CCC(COCCCN)CC1. The molecule has 0 saturated heterocycles. The Hall–Kier alpha value is -0.0800. The molecule has 2 N–H and O–H groups in total. The van der Waals surface area contributed by atoms with Crippen LogP contribution in [0, 0.1) is 11.8 Å². The van der Waals surface area contributed by atoms with Crippen LogP contribution in [0.3, 0.4) is 0 Å². The zero-order chi connectivity index (χ0) is 9.52. The fraction of sp³-hybridized carbons (Fsp3) is 1.00. The summed E-state index contributed by atoms with van der Waals surface area (Å²) in [6.45, 7) is 4.92. The highest BCUT2D eigenvalue weighted by molar-refractivity contribution is 4.69. The number of hydrogen-bond acceptors (Lipinski definition) is 2. The average Bonchev–Trinajstić information content (AvgIpc) is 2.15. The molecule has 0 aromatic carbocycles. The normalized spacial score (nSPS) is 29.1. The molecule has 0 bridgehead atoms. The highest BCUT2D eigenvalue weighted by Gasteiger charge is 2.17. The van der Waals surface area contributed by atoms with E-state index in [4.69, 9.17) is 10.5 Å². The van der Waals surface area contributed by atoms with E-state index in [0.717, 1.165) is 38.0 Å². The van der Waals surface area contributed by atoms with Crippen molar-refractivity contribution in [3.63, 3.8) is 0 Å². The largest absolute Gasteiger partial charge is 0.381 e. The van der Waals surface area contributed by atoms with Gasteiger partial charge in [0.05, 0.1) is 0 Å². The molecule has 0 aromatic rings. The van der Waals surface area contributed by atoms with Crippen molar-refractivity contribution in [1.82, 2.24) is 0 Å². The average molecular weight is 185 g/mol. The van der Waals surface area contributed by atoms with Gasteiger partial charge in [0.15, 0.2) is 0 Å². The highest BCUT2D eigenvalue weighted by atomic mass is 16.5. The summed E-state index contributed by atoms with van der Waals surface area (Å²) in [6.07, 6.45) is 6.52. The van der Waals surface area contributed by atoms with E-state index in [0.29, 0.717) is 0 Å². The topological polar surface area (TPSA) is 35.2 Å². The molecule has 0 radical (unpaired) electrons. The van der Waals surface area contributed by atoms with Crippen LogP contribution in [0.5, 0.6) is 0 Å². The van der Waals surface area contributed by atoms with Crippen LogP contribution in [0.2, 0.25) is 0 Å². The van der Waals surface area contributed by atoms with Gasteiger partial charge in [-0.05, 0) is 37.6 Å². The lowest BCUT2D eigenvalue weighted by atomic mass is 9.83. The standard InChI is InChI=1S/C11H23NO/c1-10-3-5-11(6-4-10)9-13-8-2-7-12/h10-11H,2-9,12H2,1H3. The first-order valence-electron chi connectivity index (χ1n) is 5.60. The fourth-order valence-corrected chi connectivity index (χ4v) is 1.93. The monoisotopic (exact) mass is 185 g/mol. The van der Waals surface area contributed by atoms with Gasteiger partial charge in [0.1, 0.15) is 0 Å². The van der Waals surface area contributed by atoms with Crippen LogP contribution in [0.4, 0.5) is 0 Å². The lowest BCUT2D eigenvalue weighted by Gasteiger charge is -2.25. The van der Waals surface area contributed by atoms with Crippen molar-refractivity contribution >= 4 is 0 Å². The first-order chi connectivity index (χ1) is 6.33. The van der Waals surface area contributed by atoms with E-state index >= 15 is 0 Å². The maximum atomic E-state index is 5.57. The van der Waals surface area contributed by atoms with E-state index in [1.54, 1.807) is 0 Å². The predicted molar refractivity (Wildman–Crippen MR) is 55.6 cm³/mol. The Morgan fingerprint density at radius 3 is 2.54 bits per heavy atom. The molecule has 2 heteroatoms. The lowest BCUT2D eigenvalue weighted by Crippen LogP contribution is -2.18. The molecule has 1 aliphatic rings. The van der Waals surface area contributed by atoms with Gasteiger partial charge in [-0.2, -0.15) is 0 Å². The Morgan fingerprint density at radius 1 is 1.23 bits per heavy atom. The van der Waals surface area contributed by atoms with Crippen molar-refractivity contribution in [2.24, 2.45) is 17.6 Å². The molecule has 13 heavy (non-hydrogen) atoms. The number of nitrogens with two attached hydrogens (primary N) is 1. The van der Waals surface area contributed by atoms with Gasteiger partial charge in [-0.15, -0.1) is 0 Å². The summed E-state index contributed by atoms with van der Waals surface area (Å²) in [4.78, 5) is 0. The van der Waals surface area contributed by atoms with Crippen LogP contribution in [0.15, 0.2) is 0 Å². The molecule has 78 valence electrons. The summed E-state index contributed by atoms with van der Waals surface area (Å²) in [5, 5.41) is 0. The first-order valence-corrected chi connectivity index (χ1v) is 5.60. The van der Waals surface area contributed by atoms with Gasteiger partial charge in [0.2, 0.25) is 0 Å². The van der Waals surface area contributed by atoms with Crippen LogP contribution < -0.4 is 5.73 Å². The van der Waals surface area contributed by atoms with Gasteiger partial charge in [0, 0.05) is 13.2 Å². The predicted octanol–water partition coefficient (Wildman–Crippen LogP) is 2.18. The molecule has 1 fully saturated rings. The van der Waals surface area contributed by atoms with Gasteiger partial charge in [-0.1, -0.05) is 19.8 Å². The Bertz CT molecular complexity index is 119. The number of ether oxygens (including phenoxy) is 1. The molecule has 0 aliphatic heterocycles. The minimum absolute atomic E-state index is 0.752. The summed E-state index contributed by atoms with van der Waals surface area (Å²) in [5.41, 5.74) is 5.39. The van der Waals surface area contributed by atoms with E-state index in [1.165, 1.54) is 25.7 Å². The smallest absolute Gasteiger partial charge is 0.0494 e. The minimum atomic E-state index is 0.752. The summed E-state index contributed by atoms with van der Waals surface area (Å²) < 4.78 is 5.57. The van der Waals surface area contributed by atoms with Gasteiger partial charge >= 0.3 is 0 Å². The van der Waals surface area contributed by atoms with Gasteiger partial charge in [0.25, 0.3) is 0 Å². The van der Waals surface area contributed by atoms with Gasteiger partial charge < -0.3 is 10.5 Å². The fourth-order valence-electron chi connectivity index (χ4n) is 1.93. The summed E-state index contributed by atoms with van der Waals surface area (Å²) >= 11 is 0. The molecule has 1 aliphatic carbocycles. The zero-order valence-electron chi connectivity index (χ0n) is 8.80. The van der Waals surface area contributed by atoms with E-state index in [2.05, 4.69) is 6.92 Å². The molecule has 0 aromatic heterocycles. The van der Waals surface area contributed by atoms with E-state index in [1.807, 2.05) is 0 Å². The molecule has 2 nitrogen and oxygen atoms in total. The number of hydrogen-bond donors (Lipinski definition) is 1. The summed E-state index contributed by atoms with van der Waals surface area (Å²) in [6, 6.07) is 0. The van der Waals surface area contributed by atoms with Crippen LogP contribution in [-0.2, 0) is 4.74 Å². The third-order valence-electron chi connectivity index (χ3n) is 2.98. The van der Waals surface area contributed by atoms with Crippen molar-refractivity contribution in [3.05, 3.63) is 0 Å². The van der Waals surface area contributed by atoms with Crippen molar-refractivity contribution in [2.45, 2.75) is 39.0 Å². The first kappa shape index (κ1) is 11.0. The van der Waals surface area contributed by atoms with E-state index in [-0.39, 0.29) is 0 Å². The molecule has 0 unspecified atom stereocenters. The molecule has 1 rings (SSSR count). The summed E-state index contributed by atoms with van der Waals surface area (Å²) in [5.74, 6) is 1.77. The Morgan fingerprint density at radius 2 is 1.92 bits per heavy atom. The van der Waals surface area contributed by atoms with Crippen molar-refractivity contribution in [1.29, 1.82) is 0 Å². The Kier molecular flexibility index (Phi) is 5.40. The van der Waals surface area contributed by atoms with Crippen LogP contribution in [-0.4, -0.2) is 19.8 Å². The lowest BCUT2D eigenvalue weighted by molar-refractivity contribution is 0.0786. The van der Waals surface area contributed by atoms with Crippen LogP contribution >= 0.6 is 0 Å². The molecule has 1 saturated carbocycles.